The summed E-state index contributed by atoms with van der Waals surface area (Å²) in [7, 11) is 0. The summed E-state index contributed by atoms with van der Waals surface area (Å²) in [5, 5.41) is 12.4. The largest absolute Gasteiger partial charge is 0.481 e. The van der Waals surface area contributed by atoms with Crippen LogP contribution in [-0.2, 0) is 11.2 Å². The van der Waals surface area contributed by atoms with Gasteiger partial charge < -0.3 is 10.4 Å². The van der Waals surface area contributed by atoms with Crippen molar-refractivity contribution in [3.63, 3.8) is 0 Å². The van der Waals surface area contributed by atoms with Crippen LogP contribution in [0.3, 0.4) is 0 Å². The number of carbonyl (C=O) groups is 1. The first-order valence-corrected chi connectivity index (χ1v) is 6.06. The summed E-state index contributed by atoms with van der Waals surface area (Å²) in [6.07, 6.45) is 7.13. The van der Waals surface area contributed by atoms with Gasteiger partial charge in [-0.2, -0.15) is 0 Å². The van der Waals surface area contributed by atoms with E-state index in [0.29, 0.717) is 6.54 Å². The molecule has 1 aliphatic carbocycles. The smallest absolute Gasteiger partial charge is 0.310 e. The SMILES string of the molecule is O=C(O)C1(CNCCc2ccncc2)CCC1. The lowest BCUT2D eigenvalue weighted by molar-refractivity contribution is -0.154. The van der Waals surface area contributed by atoms with Crippen LogP contribution >= 0.6 is 0 Å². The second-order valence-electron chi connectivity index (χ2n) is 4.72. The fraction of sp³-hybridized carbons (Fsp3) is 0.538. The molecule has 4 nitrogen and oxygen atoms in total. The van der Waals surface area contributed by atoms with E-state index in [4.69, 9.17) is 5.11 Å². The van der Waals surface area contributed by atoms with Crippen molar-refractivity contribution < 1.29 is 9.90 Å². The van der Waals surface area contributed by atoms with Gasteiger partial charge in [-0.3, -0.25) is 9.78 Å². The predicted molar refractivity (Wildman–Crippen MR) is 64.7 cm³/mol. The number of carboxylic acids is 1. The molecule has 2 rings (SSSR count). The molecule has 0 bridgehead atoms. The van der Waals surface area contributed by atoms with E-state index in [2.05, 4.69) is 10.3 Å². The van der Waals surface area contributed by atoms with Crippen molar-refractivity contribution in [1.29, 1.82) is 0 Å². The Kier molecular flexibility index (Phi) is 3.74. The number of nitrogens with one attached hydrogen (secondary N) is 1. The summed E-state index contributed by atoms with van der Waals surface area (Å²) in [6.45, 7) is 1.41. The fourth-order valence-corrected chi connectivity index (χ4v) is 2.18. The standard InChI is InChI=1S/C13H18N2O2/c16-12(17)13(5-1-6-13)10-15-9-4-11-2-7-14-8-3-11/h2-3,7-8,15H,1,4-6,9-10H2,(H,16,17). The minimum atomic E-state index is -0.653. The first kappa shape index (κ1) is 12.0. The third-order valence-corrected chi connectivity index (χ3v) is 3.57. The van der Waals surface area contributed by atoms with Gasteiger partial charge in [-0.25, -0.2) is 0 Å². The molecule has 1 saturated carbocycles. The van der Waals surface area contributed by atoms with E-state index in [-0.39, 0.29) is 0 Å². The quantitative estimate of drug-likeness (QED) is 0.732. The molecule has 0 radical (unpaired) electrons. The Morgan fingerprint density at radius 1 is 1.41 bits per heavy atom. The summed E-state index contributed by atoms with van der Waals surface area (Å²) >= 11 is 0. The van der Waals surface area contributed by atoms with Gasteiger partial charge in [0.2, 0.25) is 0 Å². The highest BCUT2D eigenvalue weighted by atomic mass is 16.4. The zero-order valence-corrected chi connectivity index (χ0v) is 9.85. The summed E-state index contributed by atoms with van der Waals surface area (Å²) in [5.41, 5.74) is 0.739. The van der Waals surface area contributed by atoms with E-state index in [0.717, 1.165) is 32.2 Å². The van der Waals surface area contributed by atoms with Crippen LogP contribution in [0.15, 0.2) is 24.5 Å². The minimum Gasteiger partial charge on any atom is -0.481 e. The van der Waals surface area contributed by atoms with Gasteiger partial charge in [-0.15, -0.1) is 0 Å². The van der Waals surface area contributed by atoms with Crippen LogP contribution in [0, 0.1) is 5.41 Å². The highest BCUT2D eigenvalue weighted by molar-refractivity contribution is 5.76. The van der Waals surface area contributed by atoms with E-state index in [1.807, 2.05) is 12.1 Å². The van der Waals surface area contributed by atoms with E-state index >= 15 is 0 Å². The molecular formula is C13H18N2O2. The molecular weight excluding hydrogens is 216 g/mol. The number of pyridine rings is 1. The van der Waals surface area contributed by atoms with Gasteiger partial charge in [0.25, 0.3) is 0 Å². The Morgan fingerprint density at radius 3 is 2.65 bits per heavy atom. The second-order valence-corrected chi connectivity index (χ2v) is 4.72. The van der Waals surface area contributed by atoms with E-state index in [1.165, 1.54) is 5.56 Å². The lowest BCUT2D eigenvalue weighted by Gasteiger charge is -2.37. The molecule has 0 amide bonds. The zero-order chi connectivity index (χ0) is 12.1. The van der Waals surface area contributed by atoms with Crippen molar-refractivity contribution in [3.05, 3.63) is 30.1 Å². The first-order chi connectivity index (χ1) is 8.23. The van der Waals surface area contributed by atoms with Crippen LogP contribution in [0.5, 0.6) is 0 Å². The topological polar surface area (TPSA) is 62.2 Å². The van der Waals surface area contributed by atoms with E-state index in [9.17, 15) is 4.79 Å². The molecule has 4 heteroatoms. The third kappa shape index (κ3) is 2.82. The Bertz CT molecular complexity index is 374. The minimum absolute atomic E-state index is 0.488. The number of nitrogens with zero attached hydrogens (tertiary/aromatic N) is 1. The van der Waals surface area contributed by atoms with Crippen LogP contribution in [0.4, 0.5) is 0 Å². The Balaban J connectivity index is 1.71. The highest BCUT2D eigenvalue weighted by Crippen LogP contribution is 2.40. The predicted octanol–water partition coefficient (Wildman–Crippen LogP) is 1.47. The molecule has 0 atom stereocenters. The Morgan fingerprint density at radius 2 is 2.12 bits per heavy atom. The normalized spacial score (nSPS) is 17.4. The van der Waals surface area contributed by atoms with Gasteiger partial charge in [-0.05, 0) is 43.5 Å². The van der Waals surface area contributed by atoms with Gasteiger partial charge in [0.15, 0.2) is 0 Å². The van der Waals surface area contributed by atoms with Gasteiger partial charge in [0.05, 0.1) is 5.41 Å². The molecule has 0 saturated heterocycles. The number of carboxylic acid groups (broad SMARTS) is 1. The summed E-state index contributed by atoms with van der Waals surface area (Å²) in [4.78, 5) is 15.1. The van der Waals surface area contributed by atoms with Crippen LogP contribution < -0.4 is 5.32 Å². The Hall–Kier alpha value is -1.42. The first-order valence-electron chi connectivity index (χ1n) is 6.06. The molecule has 0 aromatic carbocycles. The molecule has 1 aliphatic rings. The lowest BCUT2D eigenvalue weighted by Crippen LogP contribution is -2.46. The number of hydrogen-bond acceptors (Lipinski definition) is 3. The molecule has 1 fully saturated rings. The van der Waals surface area contributed by atoms with Crippen LogP contribution in [-0.4, -0.2) is 29.1 Å². The monoisotopic (exact) mass is 234 g/mol. The van der Waals surface area contributed by atoms with Crippen LogP contribution in [0.1, 0.15) is 24.8 Å². The second kappa shape index (κ2) is 5.27. The molecule has 1 heterocycles. The number of hydrogen-bond donors (Lipinski definition) is 2. The van der Waals surface area contributed by atoms with Gasteiger partial charge >= 0.3 is 5.97 Å². The van der Waals surface area contributed by atoms with Crippen molar-refractivity contribution >= 4 is 5.97 Å². The van der Waals surface area contributed by atoms with Gasteiger partial charge in [-0.1, -0.05) is 6.42 Å². The molecule has 0 spiro atoms. The van der Waals surface area contributed by atoms with Crippen LogP contribution in [0.2, 0.25) is 0 Å². The van der Waals surface area contributed by atoms with Crippen molar-refractivity contribution in [2.75, 3.05) is 13.1 Å². The molecule has 0 unspecified atom stereocenters. The molecule has 1 aromatic rings. The molecule has 2 N–H and O–H groups in total. The average molecular weight is 234 g/mol. The van der Waals surface area contributed by atoms with Crippen molar-refractivity contribution in [2.24, 2.45) is 5.41 Å². The summed E-state index contributed by atoms with van der Waals surface area (Å²) in [6, 6.07) is 3.97. The summed E-state index contributed by atoms with van der Waals surface area (Å²) < 4.78 is 0. The van der Waals surface area contributed by atoms with Crippen molar-refractivity contribution in [2.45, 2.75) is 25.7 Å². The van der Waals surface area contributed by atoms with E-state index in [1.54, 1.807) is 12.4 Å². The molecule has 0 aliphatic heterocycles. The zero-order valence-electron chi connectivity index (χ0n) is 9.85. The fourth-order valence-electron chi connectivity index (χ4n) is 2.18. The number of aromatic nitrogens is 1. The number of rotatable bonds is 6. The Labute approximate surface area is 101 Å². The maximum atomic E-state index is 11.1. The molecule has 92 valence electrons. The highest BCUT2D eigenvalue weighted by Gasteiger charge is 2.43. The van der Waals surface area contributed by atoms with Crippen molar-refractivity contribution in [3.8, 4) is 0 Å². The third-order valence-electron chi connectivity index (χ3n) is 3.57. The van der Waals surface area contributed by atoms with Crippen LogP contribution in [0.25, 0.3) is 0 Å². The maximum Gasteiger partial charge on any atom is 0.310 e. The summed E-state index contributed by atoms with van der Waals surface area (Å²) in [5.74, 6) is -0.653. The molecule has 1 aromatic heterocycles. The lowest BCUT2D eigenvalue weighted by atomic mass is 9.69. The number of aliphatic carboxylic acids is 1. The van der Waals surface area contributed by atoms with E-state index < -0.39 is 11.4 Å². The van der Waals surface area contributed by atoms with Crippen molar-refractivity contribution in [1.82, 2.24) is 10.3 Å². The maximum absolute atomic E-state index is 11.1. The van der Waals surface area contributed by atoms with Gasteiger partial charge in [0.1, 0.15) is 0 Å². The molecule has 17 heavy (non-hydrogen) atoms. The average Bonchev–Trinajstić information content (AvgIpc) is 2.27. The van der Waals surface area contributed by atoms with Gasteiger partial charge in [0, 0.05) is 18.9 Å².